The van der Waals surface area contributed by atoms with Crippen LogP contribution in [0.2, 0.25) is 0 Å². The fourth-order valence-electron chi connectivity index (χ4n) is 2.66. The van der Waals surface area contributed by atoms with Gasteiger partial charge in [-0.1, -0.05) is 26.8 Å². The fraction of sp³-hybridized carbons (Fsp3) is 0.579. The quantitative estimate of drug-likeness (QED) is 0.913. The van der Waals surface area contributed by atoms with Crippen LogP contribution in [0.4, 0.5) is 10.5 Å². The summed E-state index contributed by atoms with van der Waals surface area (Å²) in [5.74, 6) is 0.0263. The number of carbonyl (C=O) groups excluding carboxylic acids is 2. The number of hydrogen-bond donors (Lipinski definition) is 1. The Hall–Kier alpha value is -2.24. The van der Waals surface area contributed by atoms with Gasteiger partial charge in [0.05, 0.1) is 0 Å². The van der Waals surface area contributed by atoms with E-state index >= 15 is 0 Å². The normalized spacial score (nSPS) is 15.1. The third-order valence-corrected chi connectivity index (χ3v) is 4.23. The lowest BCUT2D eigenvalue weighted by molar-refractivity contribution is 0.0664. The molecule has 1 aromatic carbocycles. The highest BCUT2D eigenvalue weighted by atomic mass is 16.2. The number of benzene rings is 1. The van der Waals surface area contributed by atoms with E-state index in [2.05, 4.69) is 26.1 Å². The van der Waals surface area contributed by atoms with Crippen LogP contribution in [0, 0.1) is 5.41 Å². The molecule has 1 saturated heterocycles. The molecule has 0 aromatic heterocycles. The van der Waals surface area contributed by atoms with Crippen LogP contribution < -0.4 is 10.2 Å². The second-order valence-corrected chi connectivity index (χ2v) is 7.94. The van der Waals surface area contributed by atoms with Crippen molar-refractivity contribution in [3.63, 3.8) is 0 Å². The third kappa shape index (κ3) is 5.37. The topological polar surface area (TPSA) is 55.9 Å². The van der Waals surface area contributed by atoms with Crippen molar-refractivity contribution in [1.82, 2.24) is 15.1 Å². The molecule has 25 heavy (non-hydrogen) atoms. The summed E-state index contributed by atoms with van der Waals surface area (Å²) in [4.78, 5) is 30.5. The number of piperazine rings is 1. The number of nitrogens with one attached hydrogen (secondary N) is 1. The van der Waals surface area contributed by atoms with Crippen LogP contribution in [0.3, 0.4) is 0 Å². The molecule has 6 heteroatoms. The number of rotatable bonds is 3. The number of urea groups is 1. The smallest absolute Gasteiger partial charge is 0.317 e. The molecular weight excluding hydrogens is 316 g/mol. The lowest BCUT2D eigenvalue weighted by Gasteiger charge is -2.35. The maximum atomic E-state index is 12.7. The minimum Gasteiger partial charge on any atom is -0.378 e. The van der Waals surface area contributed by atoms with Gasteiger partial charge in [-0.3, -0.25) is 4.79 Å². The third-order valence-electron chi connectivity index (χ3n) is 4.23. The lowest BCUT2D eigenvalue weighted by Crippen LogP contribution is -2.53. The number of amides is 3. The molecule has 6 nitrogen and oxygen atoms in total. The molecule has 0 spiro atoms. The summed E-state index contributed by atoms with van der Waals surface area (Å²) in [5, 5.41) is 2.97. The predicted molar refractivity (Wildman–Crippen MR) is 101 cm³/mol. The van der Waals surface area contributed by atoms with Crippen molar-refractivity contribution in [3.05, 3.63) is 29.8 Å². The average molecular weight is 346 g/mol. The highest BCUT2D eigenvalue weighted by molar-refractivity contribution is 5.95. The molecule has 0 atom stereocenters. The van der Waals surface area contributed by atoms with Gasteiger partial charge in [0, 0.05) is 58.1 Å². The summed E-state index contributed by atoms with van der Waals surface area (Å²) in [7, 11) is 3.91. The maximum Gasteiger partial charge on any atom is 0.317 e. The van der Waals surface area contributed by atoms with Crippen molar-refractivity contribution in [2.45, 2.75) is 20.8 Å². The van der Waals surface area contributed by atoms with Crippen LogP contribution in [0.15, 0.2) is 24.3 Å². The summed E-state index contributed by atoms with van der Waals surface area (Å²) in [6.45, 7) is 9.16. The highest BCUT2D eigenvalue weighted by Crippen LogP contribution is 2.16. The van der Waals surface area contributed by atoms with Gasteiger partial charge in [-0.2, -0.15) is 0 Å². The molecule has 0 radical (unpaired) electrons. The Morgan fingerprint density at radius 3 is 2.24 bits per heavy atom. The van der Waals surface area contributed by atoms with E-state index in [1.807, 2.05) is 48.2 Å². The van der Waals surface area contributed by atoms with Crippen LogP contribution in [0.5, 0.6) is 0 Å². The Balaban J connectivity index is 1.90. The zero-order chi connectivity index (χ0) is 18.6. The number of hydrogen-bond acceptors (Lipinski definition) is 3. The first kappa shape index (κ1) is 19.1. The molecule has 1 N–H and O–H groups in total. The molecular formula is C19H30N4O2. The van der Waals surface area contributed by atoms with E-state index in [9.17, 15) is 9.59 Å². The summed E-state index contributed by atoms with van der Waals surface area (Å²) in [6, 6.07) is 7.59. The van der Waals surface area contributed by atoms with E-state index in [1.165, 1.54) is 0 Å². The Kier molecular flexibility index (Phi) is 5.93. The zero-order valence-corrected chi connectivity index (χ0v) is 16.0. The van der Waals surface area contributed by atoms with Crippen LogP contribution in [0.25, 0.3) is 0 Å². The van der Waals surface area contributed by atoms with Crippen molar-refractivity contribution >= 4 is 17.6 Å². The van der Waals surface area contributed by atoms with E-state index in [-0.39, 0.29) is 17.4 Å². The van der Waals surface area contributed by atoms with Crippen LogP contribution in [0.1, 0.15) is 31.1 Å². The lowest BCUT2D eigenvalue weighted by atomic mass is 9.97. The van der Waals surface area contributed by atoms with Gasteiger partial charge >= 0.3 is 6.03 Å². The summed E-state index contributed by atoms with van der Waals surface area (Å²) in [6.07, 6.45) is 0. The van der Waals surface area contributed by atoms with Gasteiger partial charge in [-0.05, 0) is 23.6 Å². The summed E-state index contributed by atoms with van der Waals surface area (Å²) < 4.78 is 0. The monoisotopic (exact) mass is 346 g/mol. The number of anilines is 1. The van der Waals surface area contributed by atoms with Crippen LogP contribution in [-0.2, 0) is 0 Å². The predicted octanol–water partition coefficient (Wildman–Crippen LogP) is 2.27. The van der Waals surface area contributed by atoms with Gasteiger partial charge in [0.1, 0.15) is 0 Å². The second-order valence-electron chi connectivity index (χ2n) is 7.94. The largest absolute Gasteiger partial charge is 0.378 e. The molecule has 0 saturated carbocycles. The van der Waals surface area contributed by atoms with E-state index in [1.54, 1.807) is 4.90 Å². The second kappa shape index (κ2) is 7.76. The highest BCUT2D eigenvalue weighted by Gasteiger charge is 2.25. The van der Waals surface area contributed by atoms with Crippen LogP contribution >= 0.6 is 0 Å². The first-order valence-electron chi connectivity index (χ1n) is 8.77. The Labute approximate surface area is 150 Å². The molecule has 0 bridgehead atoms. The summed E-state index contributed by atoms with van der Waals surface area (Å²) in [5.41, 5.74) is 1.76. The summed E-state index contributed by atoms with van der Waals surface area (Å²) >= 11 is 0. The first-order valence-corrected chi connectivity index (χ1v) is 8.77. The van der Waals surface area contributed by atoms with E-state index < -0.39 is 0 Å². The van der Waals surface area contributed by atoms with Crippen molar-refractivity contribution in [2.75, 3.05) is 51.7 Å². The minimum absolute atomic E-state index is 0.0263. The standard InChI is InChI=1S/C19H30N4O2/c1-19(2,3)14-20-18(25)23-11-9-22(10-12-23)17(24)15-7-6-8-16(13-15)21(4)5/h6-8,13H,9-12,14H2,1-5H3,(H,20,25). The SMILES string of the molecule is CN(C)c1cccc(C(=O)N2CCN(C(=O)NCC(C)(C)C)CC2)c1. The van der Waals surface area contributed by atoms with Gasteiger partial charge in [0.25, 0.3) is 5.91 Å². The van der Waals surface area contributed by atoms with Gasteiger partial charge < -0.3 is 20.0 Å². The Bertz CT molecular complexity index is 614. The Morgan fingerprint density at radius 2 is 1.68 bits per heavy atom. The maximum absolute atomic E-state index is 12.7. The van der Waals surface area contributed by atoms with Gasteiger partial charge in [0.15, 0.2) is 0 Å². The number of nitrogens with zero attached hydrogens (tertiary/aromatic N) is 3. The first-order chi connectivity index (χ1) is 11.7. The minimum atomic E-state index is -0.0448. The molecule has 3 amide bonds. The fourth-order valence-corrected chi connectivity index (χ4v) is 2.66. The van der Waals surface area contributed by atoms with E-state index in [0.717, 1.165) is 5.69 Å². The van der Waals surface area contributed by atoms with Gasteiger partial charge in [-0.25, -0.2) is 4.79 Å². The van der Waals surface area contributed by atoms with E-state index in [4.69, 9.17) is 0 Å². The van der Waals surface area contributed by atoms with Crippen molar-refractivity contribution < 1.29 is 9.59 Å². The molecule has 1 heterocycles. The van der Waals surface area contributed by atoms with Gasteiger partial charge in [0.2, 0.25) is 0 Å². The van der Waals surface area contributed by atoms with Crippen molar-refractivity contribution in [1.29, 1.82) is 0 Å². The Morgan fingerprint density at radius 1 is 1.08 bits per heavy atom. The number of carbonyl (C=O) groups is 2. The molecule has 0 unspecified atom stereocenters. The molecule has 138 valence electrons. The zero-order valence-electron chi connectivity index (χ0n) is 16.0. The average Bonchev–Trinajstić information content (AvgIpc) is 2.58. The van der Waals surface area contributed by atoms with Crippen LogP contribution in [-0.4, -0.2) is 68.6 Å². The molecule has 2 rings (SSSR count). The molecule has 1 aliphatic heterocycles. The molecule has 1 aromatic rings. The molecule has 1 fully saturated rings. The molecule has 0 aliphatic carbocycles. The van der Waals surface area contributed by atoms with E-state index in [0.29, 0.717) is 38.3 Å². The molecule has 1 aliphatic rings. The van der Waals surface area contributed by atoms with Crippen molar-refractivity contribution in [2.24, 2.45) is 5.41 Å². The van der Waals surface area contributed by atoms with Gasteiger partial charge in [-0.15, -0.1) is 0 Å². The van der Waals surface area contributed by atoms with Crippen molar-refractivity contribution in [3.8, 4) is 0 Å².